The first kappa shape index (κ1) is 8.70. The van der Waals surface area contributed by atoms with Gasteiger partial charge >= 0.3 is 0 Å². The van der Waals surface area contributed by atoms with Crippen LogP contribution in [0.2, 0.25) is 0 Å². The van der Waals surface area contributed by atoms with Crippen molar-refractivity contribution < 1.29 is 0 Å². The fourth-order valence-corrected chi connectivity index (χ4v) is 1.49. The van der Waals surface area contributed by atoms with E-state index in [9.17, 15) is 0 Å². The van der Waals surface area contributed by atoms with Gasteiger partial charge in [-0.2, -0.15) is 0 Å². The van der Waals surface area contributed by atoms with Crippen molar-refractivity contribution in [3.8, 4) is 0 Å². The van der Waals surface area contributed by atoms with Crippen molar-refractivity contribution >= 4 is 16.5 Å². The Morgan fingerprint density at radius 2 is 2.00 bits per heavy atom. The normalized spacial score (nSPS) is 10.0. The van der Waals surface area contributed by atoms with E-state index in [1.165, 1.54) is 0 Å². The molecule has 0 aliphatic carbocycles. The van der Waals surface area contributed by atoms with Gasteiger partial charge in [0.1, 0.15) is 0 Å². The maximum absolute atomic E-state index is 4.28. The van der Waals surface area contributed by atoms with Crippen LogP contribution in [0.25, 0.3) is 16.5 Å². The molecule has 1 heteroatoms. The lowest BCUT2D eigenvalue weighted by atomic mass is 10.0. The van der Waals surface area contributed by atoms with Crippen LogP contribution in [-0.4, -0.2) is 4.98 Å². The van der Waals surface area contributed by atoms with Crippen LogP contribution in [-0.2, 0) is 0 Å². The first-order chi connectivity index (χ1) is 6.83. The second-order valence-electron chi connectivity index (χ2n) is 3.11. The highest BCUT2D eigenvalue weighted by molar-refractivity contribution is 5.93. The lowest BCUT2D eigenvalue weighted by Gasteiger charge is -2.04. The summed E-state index contributed by atoms with van der Waals surface area (Å²) in [4.78, 5) is 4.28. The number of benzene rings is 1. The van der Waals surface area contributed by atoms with Crippen molar-refractivity contribution in [1.29, 1.82) is 0 Å². The molecule has 1 aromatic carbocycles. The van der Waals surface area contributed by atoms with Crippen molar-refractivity contribution in [3.05, 3.63) is 61.3 Å². The molecule has 0 saturated heterocycles. The number of fused-ring (bicyclic) bond motifs is 1. The maximum Gasteiger partial charge on any atom is 0.0708 e. The van der Waals surface area contributed by atoms with E-state index in [-0.39, 0.29) is 0 Å². The molecule has 0 bridgehead atoms. The molecule has 0 amide bonds. The molecule has 2 aromatic rings. The van der Waals surface area contributed by atoms with Gasteiger partial charge in [0.15, 0.2) is 0 Å². The van der Waals surface area contributed by atoms with Crippen LogP contribution in [0.4, 0.5) is 0 Å². The Morgan fingerprint density at radius 1 is 1.21 bits per heavy atom. The molecular formula is C13H11N. The molecule has 0 aliphatic heterocycles. The first-order valence-corrected chi connectivity index (χ1v) is 4.48. The second kappa shape index (κ2) is 3.46. The lowest BCUT2D eigenvalue weighted by molar-refractivity contribution is 1.40. The quantitative estimate of drug-likeness (QED) is 0.647. The van der Waals surface area contributed by atoms with Crippen LogP contribution in [0.5, 0.6) is 0 Å². The van der Waals surface area contributed by atoms with Crippen molar-refractivity contribution in [2.45, 2.75) is 0 Å². The van der Waals surface area contributed by atoms with Gasteiger partial charge in [0.25, 0.3) is 0 Å². The molecule has 1 heterocycles. The van der Waals surface area contributed by atoms with Crippen molar-refractivity contribution in [1.82, 2.24) is 4.98 Å². The predicted octanol–water partition coefficient (Wildman–Crippen LogP) is 3.43. The standard InChI is InChI=1S/C13H11N/c1-3-10(2)11-8-9-14-13-7-5-4-6-12(11)13/h3-9H,1-2H2. The zero-order chi connectivity index (χ0) is 9.97. The summed E-state index contributed by atoms with van der Waals surface area (Å²) in [7, 11) is 0. The largest absolute Gasteiger partial charge is 0.256 e. The molecule has 0 aliphatic rings. The van der Waals surface area contributed by atoms with Crippen LogP contribution in [0.3, 0.4) is 0 Å². The fraction of sp³-hybridized carbons (Fsp3) is 0. The summed E-state index contributed by atoms with van der Waals surface area (Å²) in [6, 6.07) is 9.99. The van der Waals surface area contributed by atoms with Gasteiger partial charge in [-0.05, 0) is 23.3 Å². The zero-order valence-electron chi connectivity index (χ0n) is 7.90. The van der Waals surface area contributed by atoms with E-state index in [0.29, 0.717) is 0 Å². The lowest BCUT2D eigenvalue weighted by Crippen LogP contribution is -1.84. The Balaban J connectivity index is 2.77. The summed E-state index contributed by atoms with van der Waals surface area (Å²) in [5.41, 5.74) is 3.03. The molecule has 0 unspecified atom stereocenters. The minimum atomic E-state index is 0.934. The SMILES string of the molecule is C=CC(=C)c1ccnc2ccccc12. The number of allylic oxidation sites excluding steroid dienone is 2. The third-order valence-corrected chi connectivity index (χ3v) is 2.24. The molecule has 0 fully saturated rings. The topological polar surface area (TPSA) is 12.9 Å². The highest BCUT2D eigenvalue weighted by atomic mass is 14.6. The summed E-state index contributed by atoms with van der Waals surface area (Å²) >= 11 is 0. The Labute approximate surface area is 83.4 Å². The number of nitrogens with zero attached hydrogens (tertiary/aromatic N) is 1. The molecule has 0 N–H and O–H groups in total. The number of para-hydroxylation sites is 1. The van der Waals surface area contributed by atoms with Gasteiger partial charge in [0.2, 0.25) is 0 Å². The average Bonchev–Trinajstić information content (AvgIpc) is 2.27. The Kier molecular flexibility index (Phi) is 2.15. The van der Waals surface area contributed by atoms with Gasteiger partial charge < -0.3 is 0 Å². The monoisotopic (exact) mass is 181 g/mol. The Morgan fingerprint density at radius 3 is 2.79 bits per heavy atom. The van der Waals surface area contributed by atoms with Gasteiger partial charge in [-0.25, -0.2) is 0 Å². The summed E-state index contributed by atoms with van der Waals surface area (Å²) in [6.45, 7) is 7.67. The van der Waals surface area contributed by atoms with E-state index in [1.807, 2.05) is 30.3 Å². The molecule has 1 aromatic heterocycles. The van der Waals surface area contributed by atoms with Crippen LogP contribution < -0.4 is 0 Å². The third kappa shape index (κ3) is 1.33. The molecule has 14 heavy (non-hydrogen) atoms. The van der Waals surface area contributed by atoms with E-state index in [2.05, 4.69) is 18.1 Å². The van der Waals surface area contributed by atoms with Gasteiger partial charge in [0, 0.05) is 11.6 Å². The van der Waals surface area contributed by atoms with Crippen molar-refractivity contribution in [2.75, 3.05) is 0 Å². The van der Waals surface area contributed by atoms with Crippen LogP contribution >= 0.6 is 0 Å². The smallest absolute Gasteiger partial charge is 0.0708 e. The van der Waals surface area contributed by atoms with E-state index >= 15 is 0 Å². The minimum absolute atomic E-state index is 0.934. The van der Waals surface area contributed by atoms with Crippen molar-refractivity contribution in [2.24, 2.45) is 0 Å². The number of hydrogen-bond acceptors (Lipinski definition) is 1. The first-order valence-electron chi connectivity index (χ1n) is 4.48. The zero-order valence-corrected chi connectivity index (χ0v) is 7.90. The molecule has 0 atom stereocenters. The predicted molar refractivity (Wildman–Crippen MR) is 61.0 cm³/mol. The molecule has 1 nitrogen and oxygen atoms in total. The van der Waals surface area contributed by atoms with E-state index in [1.54, 1.807) is 12.3 Å². The second-order valence-corrected chi connectivity index (χ2v) is 3.11. The number of pyridine rings is 1. The number of hydrogen-bond donors (Lipinski definition) is 0. The van der Waals surface area contributed by atoms with Crippen LogP contribution in [0.15, 0.2) is 55.8 Å². The van der Waals surface area contributed by atoms with Crippen LogP contribution in [0, 0.1) is 0 Å². The van der Waals surface area contributed by atoms with Gasteiger partial charge in [-0.15, -0.1) is 0 Å². The van der Waals surface area contributed by atoms with Gasteiger partial charge in [-0.3, -0.25) is 4.98 Å². The molecule has 0 saturated carbocycles. The number of aromatic nitrogens is 1. The van der Waals surface area contributed by atoms with E-state index < -0.39 is 0 Å². The highest BCUT2D eigenvalue weighted by Gasteiger charge is 2.01. The highest BCUT2D eigenvalue weighted by Crippen LogP contribution is 2.22. The molecular weight excluding hydrogens is 170 g/mol. The molecule has 68 valence electrons. The summed E-state index contributed by atoms with van der Waals surface area (Å²) in [5, 5.41) is 1.12. The Hall–Kier alpha value is -1.89. The summed E-state index contributed by atoms with van der Waals surface area (Å²) in [6.07, 6.45) is 3.56. The molecule has 2 rings (SSSR count). The summed E-state index contributed by atoms with van der Waals surface area (Å²) in [5.74, 6) is 0. The minimum Gasteiger partial charge on any atom is -0.256 e. The molecule has 0 radical (unpaired) electrons. The van der Waals surface area contributed by atoms with Gasteiger partial charge in [0.05, 0.1) is 5.52 Å². The Bertz CT molecular complexity index is 492. The van der Waals surface area contributed by atoms with Crippen molar-refractivity contribution in [3.63, 3.8) is 0 Å². The summed E-state index contributed by atoms with van der Waals surface area (Å²) < 4.78 is 0. The third-order valence-electron chi connectivity index (χ3n) is 2.24. The fourth-order valence-electron chi connectivity index (χ4n) is 1.49. The average molecular weight is 181 g/mol. The number of rotatable bonds is 2. The maximum atomic E-state index is 4.28. The van der Waals surface area contributed by atoms with Crippen LogP contribution in [0.1, 0.15) is 5.56 Å². The van der Waals surface area contributed by atoms with E-state index in [4.69, 9.17) is 0 Å². The molecule has 0 spiro atoms. The van der Waals surface area contributed by atoms with Gasteiger partial charge in [-0.1, -0.05) is 37.4 Å². The van der Waals surface area contributed by atoms with E-state index in [0.717, 1.165) is 22.0 Å².